The maximum atomic E-state index is 11.9. The van der Waals surface area contributed by atoms with Crippen LogP contribution >= 0.6 is 11.3 Å². The van der Waals surface area contributed by atoms with E-state index in [1.54, 1.807) is 0 Å². The molecule has 0 fully saturated rings. The lowest BCUT2D eigenvalue weighted by Crippen LogP contribution is -2.23. The summed E-state index contributed by atoms with van der Waals surface area (Å²) >= 11 is 1.10. The van der Waals surface area contributed by atoms with Gasteiger partial charge < -0.3 is 5.11 Å². The van der Waals surface area contributed by atoms with E-state index in [9.17, 15) is 14.7 Å². The number of aliphatic hydroxyl groups excluding tert-OH is 1. The fraction of sp³-hybridized carbons (Fsp3) is 0.500. The van der Waals surface area contributed by atoms with Crippen LogP contribution in [0.2, 0.25) is 0 Å². The molecule has 1 heterocycles. The van der Waals surface area contributed by atoms with Gasteiger partial charge in [-0.2, -0.15) is 0 Å². The number of nitrogens with zero attached hydrogens (tertiary/aromatic N) is 1. The molecule has 0 amide bonds. The number of hydrogen-bond acceptors (Lipinski definition) is 5. The predicted octanol–water partition coefficient (Wildman–Crippen LogP) is 3.54. The zero-order chi connectivity index (χ0) is 13.8. The summed E-state index contributed by atoms with van der Waals surface area (Å²) in [6, 6.07) is 0. The Morgan fingerprint density at radius 2 is 1.89 bits per heavy atom. The number of fused-ring (bicyclic) bond motifs is 1. The molecule has 1 aromatic heterocycles. The number of allylic oxidation sites excluding steroid dienone is 1. The van der Waals surface area contributed by atoms with E-state index in [1.807, 2.05) is 0 Å². The van der Waals surface area contributed by atoms with Crippen LogP contribution in [0, 0.1) is 0 Å². The van der Waals surface area contributed by atoms with Crippen LogP contribution in [0.4, 0.5) is 0 Å². The molecule has 0 saturated carbocycles. The van der Waals surface area contributed by atoms with E-state index in [1.165, 1.54) is 11.9 Å². The zero-order valence-corrected chi connectivity index (χ0v) is 11.8. The number of carbonyl (C=O) groups is 2. The van der Waals surface area contributed by atoms with Crippen LogP contribution in [-0.2, 0) is 4.79 Å². The van der Waals surface area contributed by atoms with Crippen LogP contribution in [0.15, 0.2) is 11.1 Å². The van der Waals surface area contributed by atoms with Crippen LogP contribution in [0.25, 0.3) is 5.76 Å². The molecule has 0 saturated heterocycles. The fourth-order valence-electron chi connectivity index (χ4n) is 2.20. The molecule has 0 aromatic carbocycles. The number of thiazole rings is 1. The number of unbranched alkanes of at least 4 members (excludes halogenated alkanes) is 4. The number of hydrogen-bond donors (Lipinski definition) is 1. The topological polar surface area (TPSA) is 67.3 Å². The number of ketones is 2. The van der Waals surface area contributed by atoms with Crippen molar-refractivity contribution < 1.29 is 14.7 Å². The van der Waals surface area contributed by atoms with Crippen LogP contribution < -0.4 is 0 Å². The van der Waals surface area contributed by atoms with Crippen molar-refractivity contribution in [3.63, 3.8) is 0 Å². The number of aromatic nitrogens is 1. The lowest BCUT2D eigenvalue weighted by Gasteiger charge is -2.13. The minimum Gasteiger partial charge on any atom is -0.505 e. The molecular formula is C14H17NO3S. The Balaban J connectivity index is 2.09. The first-order valence-electron chi connectivity index (χ1n) is 6.61. The molecule has 0 bridgehead atoms. The van der Waals surface area contributed by atoms with E-state index in [4.69, 9.17) is 0 Å². The van der Waals surface area contributed by atoms with Gasteiger partial charge in [-0.3, -0.25) is 9.59 Å². The van der Waals surface area contributed by atoms with Crippen molar-refractivity contribution in [2.45, 2.75) is 45.4 Å². The minimum atomic E-state index is -0.565. The first-order valence-corrected chi connectivity index (χ1v) is 7.49. The average Bonchev–Trinajstić information content (AvgIpc) is 2.89. The summed E-state index contributed by atoms with van der Waals surface area (Å²) in [5.41, 5.74) is 1.99. The van der Waals surface area contributed by atoms with Gasteiger partial charge in [0.25, 0.3) is 0 Å². The highest BCUT2D eigenvalue weighted by Gasteiger charge is 2.34. The van der Waals surface area contributed by atoms with Crippen molar-refractivity contribution in [2.24, 2.45) is 0 Å². The Labute approximate surface area is 116 Å². The SMILES string of the molecule is CCCCCCCC1=C(O)c2ncsc2C(=O)C1=O. The van der Waals surface area contributed by atoms with Gasteiger partial charge in [-0.1, -0.05) is 32.6 Å². The molecule has 0 atom stereocenters. The van der Waals surface area contributed by atoms with Gasteiger partial charge in [0.1, 0.15) is 16.3 Å². The quantitative estimate of drug-likeness (QED) is 0.639. The zero-order valence-electron chi connectivity index (χ0n) is 10.9. The molecule has 0 unspecified atom stereocenters. The van der Waals surface area contributed by atoms with Gasteiger partial charge in [0.2, 0.25) is 11.6 Å². The molecule has 0 radical (unpaired) electrons. The summed E-state index contributed by atoms with van der Waals surface area (Å²) in [6.45, 7) is 2.14. The Bertz CT molecular complexity index is 531. The molecule has 5 heteroatoms. The van der Waals surface area contributed by atoms with E-state index in [2.05, 4.69) is 11.9 Å². The first-order chi connectivity index (χ1) is 9.16. The molecule has 1 N–H and O–H groups in total. The minimum absolute atomic E-state index is 0.101. The largest absolute Gasteiger partial charge is 0.505 e. The number of rotatable bonds is 6. The van der Waals surface area contributed by atoms with Gasteiger partial charge in [0, 0.05) is 5.57 Å². The number of carbonyl (C=O) groups excluding carboxylic acids is 2. The van der Waals surface area contributed by atoms with Crippen molar-refractivity contribution in [1.29, 1.82) is 0 Å². The van der Waals surface area contributed by atoms with Gasteiger partial charge in [-0.05, 0) is 12.8 Å². The van der Waals surface area contributed by atoms with Crippen molar-refractivity contribution in [1.82, 2.24) is 4.98 Å². The predicted molar refractivity (Wildman–Crippen MR) is 74.4 cm³/mol. The molecule has 1 aliphatic rings. The molecule has 1 aliphatic carbocycles. The van der Waals surface area contributed by atoms with E-state index >= 15 is 0 Å². The average molecular weight is 279 g/mol. The third-order valence-corrected chi connectivity index (χ3v) is 4.12. The molecule has 0 spiro atoms. The van der Waals surface area contributed by atoms with E-state index < -0.39 is 11.6 Å². The molecule has 102 valence electrons. The highest BCUT2D eigenvalue weighted by atomic mass is 32.1. The van der Waals surface area contributed by atoms with Crippen LogP contribution in [0.5, 0.6) is 0 Å². The van der Waals surface area contributed by atoms with Gasteiger partial charge >= 0.3 is 0 Å². The second-order valence-electron chi connectivity index (χ2n) is 4.68. The van der Waals surface area contributed by atoms with Gasteiger partial charge in [-0.15, -0.1) is 11.3 Å². The summed E-state index contributed by atoms with van der Waals surface area (Å²) < 4.78 is 0. The number of aliphatic hydroxyl groups is 1. The van der Waals surface area contributed by atoms with Gasteiger partial charge in [0.15, 0.2) is 0 Å². The lowest BCUT2D eigenvalue weighted by atomic mass is 9.93. The molecular weight excluding hydrogens is 262 g/mol. The summed E-state index contributed by atoms with van der Waals surface area (Å²) in [5, 5.41) is 10.1. The standard InChI is InChI=1S/C14H17NO3S/c1-2-3-4-5-6-7-9-11(16)10-14(19-8-15-10)13(18)12(9)17/h8,16H,2-7H2,1H3. The first kappa shape index (κ1) is 13.9. The molecule has 19 heavy (non-hydrogen) atoms. The number of Topliss-reactive ketones (excluding diaryl/α,β-unsaturated/α-hetero) is 2. The Hall–Kier alpha value is -1.49. The second-order valence-corrected chi connectivity index (χ2v) is 5.53. The highest BCUT2D eigenvalue weighted by Crippen LogP contribution is 2.31. The van der Waals surface area contributed by atoms with Crippen LogP contribution in [0.3, 0.4) is 0 Å². The third-order valence-electron chi connectivity index (χ3n) is 3.29. The Kier molecular flexibility index (Phi) is 4.47. The fourth-order valence-corrected chi connectivity index (χ4v) is 2.93. The van der Waals surface area contributed by atoms with E-state index in [0.717, 1.165) is 37.0 Å². The molecule has 0 aliphatic heterocycles. The van der Waals surface area contributed by atoms with Gasteiger partial charge in [-0.25, -0.2) is 4.98 Å². The second kappa shape index (κ2) is 6.10. The van der Waals surface area contributed by atoms with Crippen molar-refractivity contribution >= 4 is 28.7 Å². The molecule has 1 aromatic rings. The smallest absolute Gasteiger partial charge is 0.245 e. The van der Waals surface area contributed by atoms with Crippen LogP contribution in [-0.4, -0.2) is 21.7 Å². The van der Waals surface area contributed by atoms with Crippen molar-refractivity contribution in [2.75, 3.05) is 0 Å². The Morgan fingerprint density at radius 1 is 1.16 bits per heavy atom. The van der Waals surface area contributed by atoms with Crippen molar-refractivity contribution in [3.8, 4) is 0 Å². The van der Waals surface area contributed by atoms with Crippen molar-refractivity contribution in [3.05, 3.63) is 21.7 Å². The third kappa shape index (κ3) is 2.76. The maximum Gasteiger partial charge on any atom is 0.245 e. The van der Waals surface area contributed by atoms with E-state index in [-0.39, 0.29) is 21.9 Å². The molecule has 4 nitrogen and oxygen atoms in total. The normalized spacial score (nSPS) is 15.0. The monoisotopic (exact) mass is 279 g/mol. The van der Waals surface area contributed by atoms with E-state index in [0.29, 0.717) is 6.42 Å². The summed E-state index contributed by atoms with van der Waals surface area (Å²) in [7, 11) is 0. The Morgan fingerprint density at radius 3 is 2.63 bits per heavy atom. The van der Waals surface area contributed by atoms with Crippen LogP contribution in [0.1, 0.15) is 60.8 Å². The lowest BCUT2D eigenvalue weighted by molar-refractivity contribution is -0.112. The maximum absolute atomic E-state index is 11.9. The van der Waals surface area contributed by atoms with Gasteiger partial charge in [0.05, 0.1) is 5.51 Å². The summed E-state index contributed by atoms with van der Waals surface area (Å²) in [5.74, 6) is -1.19. The highest BCUT2D eigenvalue weighted by molar-refractivity contribution is 7.13. The summed E-state index contributed by atoms with van der Waals surface area (Å²) in [4.78, 5) is 28.0. The summed E-state index contributed by atoms with van der Waals surface area (Å²) in [6.07, 6.45) is 5.74. The molecule has 2 rings (SSSR count).